The molecule has 0 fully saturated rings. The Kier molecular flexibility index (Phi) is 2.78. The Morgan fingerprint density at radius 3 is 3.00 bits per heavy atom. The number of hydrogen-bond acceptors (Lipinski definition) is 1. The van der Waals surface area contributed by atoms with Crippen LogP contribution in [0.2, 0.25) is 5.02 Å². The summed E-state index contributed by atoms with van der Waals surface area (Å²) >= 11 is 5.92. The number of nitrogens with zero attached hydrogens (tertiary/aromatic N) is 1. The van der Waals surface area contributed by atoms with Gasteiger partial charge in [0.1, 0.15) is 0 Å². The van der Waals surface area contributed by atoms with Gasteiger partial charge in [-0.2, -0.15) is 0 Å². The summed E-state index contributed by atoms with van der Waals surface area (Å²) in [6.07, 6.45) is 4.64. The molecule has 1 heterocycles. The fraction of sp³-hybridized carbons (Fsp3) is 0.250. The standard InChI is InChI=1S/C12H12ClNO/c1-9(15)14-6-4-10-2-3-12(13)8-11(10)5-7-14/h2-4,6,8H,5,7H2,1H3. The first-order valence-electron chi connectivity index (χ1n) is 4.90. The van der Waals surface area contributed by atoms with E-state index in [9.17, 15) is 4.79 Å². The first-order valence-corrected chi connectivity index (χ1v) is 5.28. The summed E-state index contributed by atoms with van der Waals surface area (Å²) in [6, 6.07) is 5.82. The second-order valence-corrected chi connectivity index (χ2v) is 4.06. The Hall–Kier alpha value is -1.28. The van der Waals surface area contributed by atoms with Crippen molar-refractivity contribution in [2.45, 2.75) is 13.3 Å². The number of carbonyl (C=O) groups excluding carboxylic acids is 1. The molecule has 78 valence electrons. The largest absolute Gasteiger partial charge is 0.319 e. The lowest BCUT2D eigenvalue weighted by atomic mass is 10.1. The number of benzene rings is 1. The fourth-order valence-electron chi connectivity index (χ4n) is 1.70. The van der Waals surface area contributed by atoms with Gasteiger partial charge in [0.15, 0.2) is 0 Å². The SMILES string of the molecule is CC(=O)N1C=Cc2ccc(Cl)cc2CC1. The molecule has 1 aliphatic heterocycles. The lowest BCUT2D eigenvalue weighted by Crippen LogP contribution is -2.24. The highest BCUT2D eigenvalue weighted by molar-refractivity contribution is 6.30. The van der Waals surface area contributed by atoms with Crippen LogP contribution in [-0.4, -0.2) is 17.4 Å². The van der Waals surface area contributed by atoms with Gasteiger partial charge in [-0.15, -0.1) is 0 Å². The van der Waals surface area contributed by atoms with E-state index in [0.717, 1.165) is 23.6 Å². The molecule has 0 saturated heterocycles. The molecule has 3 heteroatoms. The van der Waals surface area contributed by atoms with E-state index in [1.807, 2.05) is 30.5 Å². The lowest BCUT2D eigenvalue weighted by Gasteiger charge is -2.13. The van der Waals surface area contributed by atoms with Crippen LogP contribution in [-0.2, 0) is 11.2 Å². The number of hydrogen-bond donors (Lipinski definition) is 0. The Morgan fingerprint density at radius 2 is 2.27 bits per heavy atom. The second-order valence-electron chi connectivity index (χ2n) is 3.62. The molecule has 1 aliphatic rings. The predicted octanol–water partition coefficient (Wildman–Crippen LogP) is 2.72. The van der Waals surface area contributed by atoms with Gasteiger partial charge < -0.3 is 4.90 Å². The monoisotopic (exact) mass is 221 g/mol. The summed E-state index contributed by atoms with van der Waals surface area (Å²) in [4.78, 5) is 12.9. The summed E-state index contributed by atoms with van der Waals surface area (Å²) in [6.45, 7) is 2.30. The Balaban J connectivity index is 2.32. The maximum absolute atomic E-state index is 11.2. The van der Waals surface area contributed by atoms with E-state index >= 15 is 0 Å². The highest BCUT2D eigenvalue weighted by atomic mass is 35.5. The van der Waals surface area contributed by atoms with Crippen molar-refractivity contribution in [3.05, 3.63) is 40.5 Å². The third-order valence-corrected chi connectivity index (χ3v) is 2.80. The quantitative estimate of drug-likeness (QED) is 0.660. The van der Waals surface area contributed by atoms with Crippen LogP contribution in [0.1, 0.15) is 18.1 Å². The maximum Gasteiger partial charge on any atom is 0.223 e. The van der Waals surface area contributed by atoms with Crippen LogP contribution in [0.5, 0.6) is 0 Å². The zero-order valence-corrected chi connectivity index (χ0v) is 9.29. The molecular weight excluding hydrogens is 210 g/mol. The average molecular weight is 222 g/mol. The van der Waals surface area contributed by atoms with E-state index in [-0.39, 0.29) is 5.91 Å². The van der Waals surface area contributed by atoms with Crippen LogP contribution in [0.3, 0.4) is 0 Å². The third-order valence-electron chi connectivity index (χ3n) is 2.57. The van der Waals surface area contributed by atoms with Crippen molar-refractivity contribution >= 4 is 23.6 Å². The molecule has 0 atom stereocenters. The van der Waals surface area contributed by atoms with Crippen molar-refractivity contribution in [3.8, 4) is 0 Å². The molecule has 2 rings (SSSR count). The lowest BCUT2D eigenvalue weighted by molar-refractivity contribution is -0.126. The molecule has 0 N–H and O–H groups in total. The number of fused-ring (bicyclic) bond motifs is 1. The first-order chi connectivity index (χ1) is 7.16. The van der Waals surface area contributed by atoms with Gasteiger partial charge in [0.2, 0.25) is 5.91 Å². The van der Waals surface area contributed by atoms with E-state index in [0.29, 0.717) is 0 Å². The molecule has 0 bridgehead atoms. The van der Waals surface area contributed by atoms with Gasteiger partial charge >= 0.3 is 0 Å². The molecule has 1 aromatic rings. The molecule has 0 unspecified atom stereocenters. The Morgan fingerprint density at radius 1 is 1.47 bits per heavy atom. The highest BCUT2D eigenvalue weighted by Crippen LogP contribution is 2.20. The Labute approximate surface area is 94.2 Å². The normalized spacial score (nSPS) is 14.7. The number of halogens is 1. The van der Waals surface area contributed by atoms with Crippen LogP contribution in [0.25, 0.3) is 6.08 Å². The minimum absolute atomic E-state index is 0.0742. The third kappa shape index (κ3) is 2.21. The summed E-state index contributed by atoms with van der Waals surface area (Å²) < 4.78 is 0. The number of amides is 1. The fourth-order valence-corrected chi connectivity index (χ4v) is 1.90. The van der Waals surface area contributed by atoms with Crippen LogP contribution < -0.4 is 0 Å². The minimum atomic E-state index is 0.0742. The smallest absolute Gasteiger partial charge is 0.223 e. The van der Waals surface area contributed by atoms with Crippen molar-refractivity contribution in [1.82, 2.24) is 4.90 Å². The number of rotatable bonds is 0. The number of carbonyl (C=O) groups is 1. The van der Waals surface area contributed by atoms with E-state index in [4.69, 9.17) is 11.6 Å². The molecule has 1 aromatic carbocycles. The second kappa shape index (κ2) is 4.07. The molecule has 0 radical (unpaired) electrons. The molecule has 0 saturated carbocycles. The Bertz CT molecular complexity index is 426. The van der Waals surface area contributed by atoms with E-state index in [1.165, 1.54) is 5.56 Å². The summed E-state index contributed by atoms with van der Waals surface area (Å²) in [5, 5.41) is 0.749. The molecule has 15 heavy (non-hydrogen) atoms. The van der Waals surface area contributed by atoms with Crippen LogP contribution in [0.15, 0.2) is 24.4 Å². The zero-order valence-electron chi connectivity index (χ0n) is 8.53. The molecule has 0 aliphatic carbocycles. The first kappa shape index (κ1) is 10.2. The molecular formula is C12H12ClNO. The molecule has 2 nitrogen and oxygen atoms in total. The van der Waals surface area contributed by atoms with Crippen molar-refractivity contribution in [2.24, 2.45) is 0 Å². The average Bonchev–Trinajstić information content (AvgIpc) is 2.39. The van der Waals surface area contributed by atoms with E-state index in [2.05, 4.69) is 0 Å². The van der Waals surface area contributed by atoms with Crippen molar-refractivity contribution in [3.63, 3.8) is 0 Å². The van der Waals surface area contributed by atoms with Gasteiger partial charge in [-0.05, 0) is 35.8 Å². The van der Waals surface area contributed by atoms with Gasteiger partial charge in [-0.1, -0.05) is 17.7 Å². The van der Waals surface area contributed by atoms with Gasteiger partial charge in [0, 0.05) is 24.7 Å². The highest BCUT2D eigenvalue weighted by Gasteiger charge is 2.11. The zero-order chi connectivity index (χ0) is 10.8. The van der Waals surface area contributed by atoms with Gasteiger partial charge in [0.05, 0.1) is 0 Å². The van der Waals surface area contributed by atoms with Gasteiger partial charge in [-0.3, -0.25) is 4.79 Å². The van der Waals surface area contributed by atoms with Crippen molar-refractivity contribution < 1.29 is 4.79 Å². The summed E-state index contributed by atoms with van der Waals surface area (Å²) in [5.74, 6) is 0.0742. The maximum atomic E-state index is 11.2. The molecule has 0 aromatic heterocycles. The molecule has 1 amide bonds. The van der Waals surface area contributed by atoms with Crippen molar-refractivity contribution in [1.29, 1.82) is 0 Å². The van der Waals surface area contributed by atoms with Crippen molar-refractivity contribution in [2.75, 3.05) is 6.54 Å². The van der Waals surface area contributed by atoms with Gasteiger partial charge in [-0.25, -0.2) is 0 Å². The minimum Gasteiger partial charge on any atom is -0.319 e. The topological polar surface area (TPSA) is 20.3 Å². The van der Waals surface area contributed by atoms with E-state index < -0.39 is 0 Å². The van der Waals surface area contributed by atoms with Gasteiger partial charge in [0.25, 0.3) is 0 Å². The van der Waals surface area contributed by atoms with E-state index in [1.54, 1.807) is 11.8 Å². The predicted molar refractivity (Wildman–Crippen MR) is 61.6 cm³/mol. The van der Waals surface area contributed by atoms with Crippen LogP contribution in [0.4, 0.5) is 0 Å². The van der Waals surface area contributed by atoms with Crippen LogP contribution in [0, 0.1) is 0 Å². The summed E-state index contributed by atoms with van der Waals surface area (Å²) in [7, 11) is 0. The summed E-state index contributed by atoms with van der Waals surface area (Å²) in [5.41, 5.74) is 2.34. The van der Waals surface area contributed by atoms with Crippen LogP contribution >= 0.6 is 11.6 Å². The molecule has 0 spiro atoms.